The lowest BCUT2D eigenvalue weighted by Crippen LogP contribution is -2.41. The Bertz CT molecular complexity index is 519. The van der Waals surface area contributed by atoms with Crippen LogP contribution in [0, 0.1) is 11.7 Å². The van der Waals surface area contributed by atoms with Gasteiger partial charge in [-0.15, -0.1) is 0 Å². The molecule has 0 saturated heterocycles. The first-order valence-corrected chi connectivity index (χ1v) is 7.22. The van der Waals surface area contributed by atoms with Crippen molar-refractivity contribution >= 4 is 21.6 Å². The Hall–Kier alpha value is -0.690. The molecular formula is C11H15ClFNO3S. The molecule has 1 atom stereocenters. The number of aliphatic hydroxyl groups excluding tert-OH is 1. The van der Waals surface area contributed by atoms with Crippen LogP contribution in [0.25, 0.3) is 0 Å². The molecule has 1 rings (SSSR count). The van der Waals surface area contributed by atoms with E-state index in [2.05, 4.69) is 4.72 Å². The minimum atomic E-state index is -3.95. The zero-order valence-electron chi connectivity index (χ0n) is 10.0. The maximum atomic E-state index is 13.1. The first-order chi connectivity index (χ1) is 8.27. The van der Waals surface area contributed by atoms with Crippen LogP contribution in [0.5, 0.6) is 0 Å². The van der Waals surface area contributed by atoms with Gasteiger partial charge < -0.3 is 5.11 Å². The van der Waals surface area contributed by atoms with Crippen molar-refractivity contribution in [2.75, 3.05) is 6.61 Å². The molecule has 0 bridgehead atoms. The van der Waals surface area contributed by atoms with Crippen molar-refractivity contribution < 1.29 is 17.9 Å². The van der Waals surface area contributed by atoms with Gasteiger partial charge in [-0.1, -0.05) is 25.4 Å². The van der Waals surface area contributed by atoms with Gasteiger partial charge in [0.25, 0.3) is 0 Å². The van der Waals surface area contributed by atoms with Gasteiger partial charge in [0.05, 0.1) is 11.6 Å². The second-order valence-corrected chi connectivity index (χ2v) is 6.32. The van der Waals surface area contributed by atoms with Crippen LogP contribution >= 0.6 is 11.6 Å². The number of nitrogens with one attached hydrogen (secondary N) is 1. The van der Waals surface area contributed by atoms with Crippen molar-refractivity contribution in [2.24, 2.45) is 5.92 Å². The van der Waals surface area contributed by atoms with Crippen LogP contribution in [0.1, 0.15) is 13.8 Å². The van der Waals surface area contributed by atoms with Gasteiger partial charge >= 0.3 is 0 Å². The Kier molecular flexibility index (Phi) is 5.10. The van der Waals surface area contributed by atoms with E-state index in [4.69, 9.17) is 16.7 Å². The van der Waals surface area contributed by atoms with Gasteiger partial charge in [0.2, 0.25) is 10.0 Å². The average molecular weight is 296 g/mol. The molecule has 0 spiro atoms. The number of aliphatic hydroxyl groups is 1. The molecule has 4 nitrogen and oxygen atoms in total. The minimum absolute atomic E-state index is 0.0654. The van der Waals surface area contributed by atoms with E-state index in [-0.39, 0.29) is 22.4 Å². The second kappa shape index (κ2) is 5.97. The van der Waals surface area contributed by atoms with E-state index < -0.39 is 21.9 Å². The van der Waals surface area contributed by atoms with E-state index in [1.807, 2.05) is 0 Å². The first-order valence-electron chi connectivity index (χ1n) is 5.36. The third-order valence-corrected chi connectivity index (χ3v) is 4.46. The topological polar surface area (TPSA) is 66.4 Å². The summed E-state index contributed by atoms with van der Waals surface area (Å²) in [5, 5.41) is 9.03. The van der Waals surface area contributed by atoms with Crippen LogP contribution in [0.2, 0.25) is 5.02 Å². The third kappa shape index (κ3) is 3.65. The first kappa shape index (κ1) is 15.4. The lowest BCUT2D eigenvalue weighted by molar-refractivity contribution is 0.227. The Morgan fingerprint density at radius 2 is 2.06 bits per heavy atom. The Balaban J connectivity index is 3.10. The molecule has 0 aromatic heterocycles. The predicted molar refractivity (Wildman–Crippen MR) is 67.4 cm³/mol. The standard InChI is InChI=1S/C11H15ClFNO3S/c1-7(2)10(6-15)14-18(16,17)11-5-8(13)3-4-9(11)12/h3-5,7,10,14-15H,6H2,1-2H3/t10-/m1/s1. The number of hydrogen-bond donors (Lipinski definition) is 2. The number of halogens is 2. The minimum Gasteiger partial charge on any atom is -0.395 e. The quantitative estimate of drug-likeness (QED) is 0.870. The van der Waals surface area contributed by atoms with Crippen LogP contribution in [-0.4, -0.2) is 26.2 Å². The van der Waals surface area contributed by atoms with Crippen LogP contribution < -0.4 is 4.72 Å². The fraction of sp³-hybridized carbons (Fsp3) is 0.455. The van der Waals surface area contributed by atoms with Gasteiger partial charge in [0, 0.05) is 6.04 Å². The van der Waals surface area contributed by atoms with Crippen molar-refractivity contribution in [3.8, 4) is 0 Å². The molecule has 0 aliphatic heterocycles. The molecule has 0 radical (unpaired) electrons. The molecule has 18 heavy (non-hydrogen) atoms. The highest BCUT2D eigenvalue weighted by Crippen LogP contribution is 2.22. The summed E-state index contributed by atoms with van der Waals surface area (Å²) >= 11 is 5.74. The van der Waals surface area contributed by atoms with Crippen molar-refractivity contribution in [2.45, 2.75) is 24.8 Å². The van der Waals surface area contributed by atoms with Gasteiger partial charge in [0.15, 0.2) is 0 Å². The lowest BCUT2D eigenvalue weighted by Gasteiger charge is -2.20. The molecule has 0 fully saturated rings. The number of rotatable bonds is 5. The molecule has 0 saturated carbocycles. The van der Waals surface area contributed by atoms with Crippen LogP contribution in [0.4, 0.5) is 4.39 Å². The van der Waals surface area contributed by atoms with E-state index in [1.165, 1.54) is 6.07 Å². The summed E-state index contributed by atoms with van der Waals surface area (Å²) in [6, 6.07) is 2.45. The van der Waals surface area contributed by atoms with Gasteiger partial charge in [-0.2, -0.15) is 0 Å². The normalized spacial score (nSPS) is 13.9. The van der Waals surface area contributed by atoms with Crippen LogP contribution in [-0.2, 0) is 10.0 Å². The lowest BCUT2D eigenvalue weighted by atomic mass is 10.1. The molecule has 0 unspecified atom stereocenters. The molecule has 7 heteroatoms. The van der Waals surface area contributed by atoms with Gasteiger partial charge in [-0.05, 0) is 24.1 Å². The highest BCUT2D eigenvalue weighted by Gasteiger charge is 2.24. The molecule has 102 valence electrons. The highest BCUT2D eigenvalue weighted by atomic mass is 35.5. The number of benzene rings is 1. The summed E-state index contributed by atoms with van der Waals surface area (Å²) in [5.41, 5.74) is 0. The average Bonchev–Trinajstić information content (AvgIpc) is 2.28. The molecular weight excluding hydrogens is 281 g/mol. The SMILES string of the molecule is CC(C)[C@@H](CO)NS(=O)(=O)c1cc(F)ccc1Cl. The highest BCUT2D eigenvalue weighted by molar-refractivity contribution is 7.89. The van der Waals surface area contributed by atoms with Crippen molar-refractivity contribution in [3.05, 3.63) is 29.0 Å². The Morgan fingerprint density at radius 1 is 1.44 bits per heavy atom. The Morgan fingerprint density at radius 3 is 2.56 bits per heavy atom. The zero-order chi connectivity index (χ0) is 13.9. The summed E-state index contributed by atoms with van der Waals surface area (Å²) < 4.78 is 39.4. The monoisotopic (exact) mass is 295 g/mol. The fourth-order valence-corrected chi connectivity index (χ4v) is 3.22. The van der Waals surface area contributed by atoms with E-state index >= 15 is 0 Å². The van der Waals surface area contributed by atoms with Crippen molar-refractivity contribution in [1.82, 2.24) is 4.72 Å². The summed E-state index contributed by atoms with van der Waals surface area (Å²) in [6.45, 7) is 3.18. The van der Waals surface area contributed by atoms with E-state index in [9.17, 15) is 12.8 Å². The molecule has 2 N–H and O–H groups in total. The van der Waals surface area contributed by atoms with Gasteiger partial charge in [0.1, 0.15) is 10.7 Å². The van der Waals surface area contributed by atoms with Crippen LogP contribution in [0.15, 0.2) is 23.1 Å². The molecule has 1 aromatic carbocycles. The molecule has 0 aliphatic rings. The summed E-state index contributed by atoms with van der Waals surface area (Å²) in [6.07, 6.45) is 0. The largest absolute Gasteiger partial charge is 0.395 e. The summed E-state index contributed by atoms with van der Waals surface area (Å²) in [4.78, 5) is -0.330. The summed E-state index contributed by atoms with van der Waals surface area (Å²) in [5.74, 6) is -0.790. The summed E-state index contributed by atoms with van der Waals surface area (Å²) in [7, 11) is -3.95. The molecule has 0 amide bonds. The predicted octanol–water partition coefficient (Wildman–Crippen LogP) is 1.77. The second-order valence-electron chi connectivity index (χ2n) is 4.23. The number of hydrogen-bond acceptors (Lipinski definition) is 3. The maximum absolute atomic E-state index is 13.1. The Labute approximate surface area is 111 Å². The van der Waals surface area contributed by atoms with Crippen molar-refractivity contribution in [1.29, 1.82) is 0 Å². The molecule has 0 heterocycles. The third-order valence-electron chi connectivity index (χ3n) is 2.49. The zero-order valence-corrected chi connectivity index (χ0v) is 11.6. The van der Waals surface area contributed by atoms with E-state index in [0.29, 0.717) is 0 Å². The number of sulfonamides is 1. The van der Waals surface area contributed by atoms with Crippen LogP contribution in [0.3, 0.4) is 0 Å². The molecule has 0 aliphatic carbocycles. The maximum Gasteiger partial charge on any atom is 0.242 e. The molecule has 1 aromatic rings. The van der Waals surface area contributed by atoms with E-state index in [0.717, 1.165) is 12.1 Å². The van der Waals surface area contributed by atoms with Gasteiger partial charge in [-0.25, -0.2) is 17.5 Å². The van der Waals surface area contributed by atoms with E-state index in [1.54, 1.807) is 13.8 Å². The van der Waals surface area contributed by atoms with Gasteiger partial charge in [-0.3, -0.25) is 0 Å². The van der Waals surface area contributed by atoms with Crippen molar-refractivity contribution in [3.63, 3.8) is 0 Å². The fourth-order valence-electron chi connectivity index (χ4n) is 1.33. The smallest absolute Gasteiger partial charge is 0.242 e.